The van der Waals surface area contributed by atoms with Gasteiger partial charge in [0.2, 0.25) is 5.91 Å². The van der Waals surface area contributed by atoms with Crippen molar-refractivity contribution in [1.29, 1.82) is 0 Å². The first-order valence-electron chi connectivity index (χ1n) is 10.8. The molecule has 0 saturated carbocycles. The Balaban J connectivity index is 1.51. The Morgan fingerprint density at radius 1 is 1.03 bits per heavy atom. The van der Waals surface area contributed by atoms with Gasteiger partial charge in [0, 0.05) is 37.3 Å². The van der Waals surface area contributed by atoms with Crippen molar-refractivity contribution in [3.63, 3.8) is 0 Å². The van der Waals surface area contributed by atoms with E-state index >= 15 is 0 Å². The summed E-state index contributed by atoms with van der Waals surface area (Å²) in [6.07, 6.45) is 3.41. The molecule has 1 N–H and O–H groups in total. The molecule has 3 aromatic rings. The lowest BCUT2D eigenvalue weighted by molar-refractivity contribution is -0.132. The van der Waals surface area contributed by atoms with Gasteiger partial charge in [0.15, 0.2) is 5.78 Å². The van der Waals surface area contributed by atoms with E-state index in [0.717, 1.165) is 43.7 Å². The van der Waals surface area contributed by atoms with Crippen LogP contribution in [0.2, 0.25) is 0 Å². The third kappa shape index (κ3) is 5.17. The predicted molar refractivity (Wildman–Crippen MR) is 128 cm³/mol. The van der Waals surface area contributed by atoms with Gasteiger partial charge in [-0.15, -0.1) is 0 Å². The van der Waals surface area contributed by atoms with E-state index < -0.39 is 10.0 Å². The van der Waals surface area contributed by atoms with E-state index in [9.17, 15) is 22.8 Å². The molecule has 4 rings (SSSR count). The SMILES string of the molecule is CC(=O)c1ccc(NS(=O)(=O)c2ccc3c(c2)sc(=O)n3CCC(=O)N2CCCCC2)cc1. The number of hydrogen-bond donors (Lipinski definition) is 1. The van der Waals surface area contributed by atoms with Crippen molar-refractivity contribution in [1.82, 2.24) is 9.47 Å². The number of Topliss-reactive ketones (excluding diaryl/α,β-unsaturated/α-hetero) is 1. The number of anilines is 1. The first-order chi connectivity index (χ1) is 15.7. The number of nitrogens with zero attached hydrogens (tertiary/aromatic N) is 2. The van der Waals surface area contributed by atoms with Crippen LogP contribution in [0.1, 0.15) is 43.0 Å². The van der Waals surface area contributed by atoms with E-state index in [1.807, 2.05) is 4.90 Å². The van der Waals surface area contributed by atoms with Crippen LogP contribution in [0.4, 0.5) is 5.69 Å². The summed E-state index contributed by atoms with van der Waals surface area (Å²) in [6.45, 7) is 3.24. The third-order valence-electron chi connectivity index (χ3n) is 5.75. The topological polar surface area (TPSA) is 106 Å². The maximum atomic E-state index is 12.8. The van der Waals surface area contributed by atoms with Crippen LogP contribution in [0.5, 0.6) is 0 Å². The van der Waals surface area contributed by atoms with Crippen molar-refractivity contribution in [2.24, 2.45) is 0 Å². The van der Waals surface area contributed by atoms with Gasteiger partial charge < -0.3 is 4.90 Å². The number of sulfonamides is 1. The first-order valence-corrected chi connectivity index (χ1v) is 13.1. The smallest absolute Gasteiger partial charge is 0.308 e. The van der Waals surface area contributed by atoms with Gasteiger partial charge in [-0.05, 0) is 68.7 Å². The monoisotopic (exact) mass is 487 g/mol. The molecule has 10 heteroatoms. The number of hydrogen-bond acceptors (Lipinski definition) is 6. The van der Waals surface area contributed by atoms with Crippen LogP contribution in [0.15, 0.2) is 52.2 Å². The summed E-state index contributed by atoms with van der Waals surface area (Å²) in [5, 5.41) is 0. The first kappa shape index (κ1) is 23.2. The van der Waals surface area contributed by atoms with Crippen molar-refractivity contribution in [3.8, 4) is 0 Å². The molecule has 0 radical (unpaired) electrons. The van der Waals surface area contributed by atoms with E-state index in [0.29, 0.717) is 21.5 Å². The molecule has 0 unspecified atom stereocenters. The molecule has 1 aromatic heterocycles. The molecule has 1 fully saturated rings. The number of aryl methyl sites for hydroxylation is 1. The Morgan fingerprint density at radius 2 is 1.73 bits per heavy atom. The van der Waals surface area contributed by atoms with Gasteiger partial charge in [0.25, 0.3) is 10.0 Å². The highest BCUT2D eigenvalue weighted by Gasteiger charge is 2.19. The second-order valence-electron chi connectivity index (χ2n) is 8.08. The van der Waals surface area contributed by atoms with E-state index in [-0.39, 0.29) is 34.4 Å². The van der Waals surface area contributed by atoms with E-state index in [4.69, 9.17) is 0 Å². The number of ketones is 1. The summed E-state index contributed by atoms with van der Waals surface area (Å²) in [5.41, 5.74) is 1.44. The minimum Gasteiger partial charge on any atom is -0.343 e. The largest absolute Gasteiger partial charge is 0.343 e. The molecule has 2 heterocycles. The zero-order valence-electron chi connectivity index (χ0n) is 18.2. The molecule has 33 heavy (non-hydrogen) atoms. The molecule has 1 aliphatic heterocycles. The molecule has 1 aliphatic rings. The molecule has 1 amide bonds. The second-order valence-corrected chi connectivity index (χ2v) is 10.8. The molecular formula is C23H25N3O5S2. The third-order valence-corrected chi connectivity index (χ3v) is 8.07. The van der Waals surface area contributed by atoms with Gasteiger partial charge in [-0.3, -0.25) is 23.7 Å². The van der Waals surface area contributed by atoms with E-state index in [1.54, 1.807) is 18.2 Å². The highest BCUT2D eigenvalue weighted by molar-refractivity contribution is 7.92. The number of carbonyl (C=O) groups excluding carboxylic acids is 2. The van der Waals surface area contributed by atoms with Gasteiger partial charge in [-0.1, -0.05) is 11.3 Å². The number of fused-ring (bicyclic) bond motifs is 1. The van der Waals surface area contributed by atoms with Crippen LogP contribution in [-0.2, 0) is 21.4 Å². The average Bonchev–Trinajstić information content (AvgIpc) is 3.12. The van der Waals surface area contributed by atoms with Gasteiger partial charge in [0.05, 0.1) is 15.1 Å². The van der Waals surface area contributed by atoms with Crippen LogP contribution in [-0.4, -0.2) is 42.7 Å². The van der Waals surface area contributed by atoms with E-state index in [1.165, 1.54) is 35.8 Å². The Kier molecular flexibility index (Phi) is 6.66. The summed E-state index contributed by atoms with van der Waals surface area (Å²) in [7, 11) is -3.88. The Hall–Kier alpha value is -2.98. The lowest BCUT2D eigenvalue weighted by atomic mass is 10.1. The van der Waals surface area contributed by atoms with Crippen LogP contribution in [0, 0.1) is 0 Å². The zero-order valence-corrected chi connectivity index (χ0v) is 19.9. The molecule has 2 aromatic carbocycles. The van der Waals surface area contributed by atoms with Gasteiger partial charge in [-0.25, -0.2) is 8.42 Å². The number of piperidine rings is 1. The number of rotatable bonds is 7. The standard InChI is InChI=1S/C23H25N3O5S2/c1-16(27)17-5-7-18(8-6-17)24-33(30,31)19-9-10-20-21(15-19)32-23(29)26(20)14-11-22(28)25-12-3-2-4-13-25/h5-10,15,24H,2-4,11-14H2,1H3. The quantitative estimate of drug-likeness (QED) is 0.514. The van der Waals surface area contributed by atoms with Crippen LogP contribution in [0.25, 0.3) is 10.2 Å². The van der Waals surface area contributed by atoms with Crippen molar-refractivity contribution in [2.75, 3.05) is 17.8 Å². The molecule has 0 bridgehead atoms. The number of benzene rings is 2. The number of thiazole rings is 1. The van der Waals surface area contributed by atoms with Crippen LogP contribution in [0.3, 0.4) is 0 Å². The van der Waals surface area contributed by atoms with Crippen LogP contribution < -0.4 is 9.60 Å². The Labute approximate surface area is 195 Å². The molecule has 0 aliphatic carbocycles. The van der Waals surface area contributed by atoms with Gasteiger partial charge in [-0.2, -0.15) is 0 Å². The number of aromatic nitrogens is 1. The number of amides is 1. The summed E-state index contributed by atoms with van der Waals surface area (Å²) >= 11 is 0.961. The van der Waals surface area contributed by atoms with Gasteiger partial charge in [0.1, 0.15) is 0 Å². The van der Waals surface area contributed by atoms with Crippen molar-refractivity contribution in [3.05, 3.63) is 57.7 Å². The van der Waals surface area contributed by atoms with Crippen molar-refractivity contribution < 1.29 is 18.0 Å². The summed E-state index contributed by atoms with van der Waals surface area (Å²) in [6, 6.07) is 10.7. The van der Waals surface area contributed by atoms with Gasteiger partial charge >= 0.3 is 4.87 Å². The molecule has 1 saturated heterocycles. The van der Waals surface area contributed by atoms with Crippen molar-refractivity contribution >= 4 is 49.0 Å². The van der Waals surface area contributed by atoms with E-state index in [2.05, 4.69) is 4.72 Å². The fourth-order valence-corrected chi connectivity index (χ4v) is 6.04. The lowest BCUT2D eigenvalue weighted by Crippen LogP contribution is -2.36. The number of likely N-dealkylation sites (tertiary alicyclic amines) is 1. The van der Waals surface area contributed by atoms with Crippen molar-refractivity contribution in [2.45, 2.75) is 44.0 Å². The minimum atomic E-state index is -3.88. The molecule has 0 atom stereocenters. The predicted octanol–water partition coefficient (Wildman–Crippen LogP) is 3.47. The second kappa shape index (κ2) is 9.48. The molecule has 8 nitrogen and oxygen atoms in total. The number of carbonyl (C=O) groups is 2. The summed E-state index contributed by atoms with van der Waals surface area (Å²) in [4.78, 5) is 38.0. The molecule has 0 spiro atoms. The highest BCUT2D eigenvalue weighted by Crippen LogP contribution is 2.24. The number of nitrogens with one attached hydrogen (secondary N) is 1. The fraction of sp³-hybridized carbons (Fsp3) is 0.348. The fourth-order valence-electron chi connectivity index (χ4n) is 3.92. The lowest BCUT2D eigenvalue weighted by Gasteiger charge is -2.26. The summed E-state index contributed by atoms with van der Waals surface area (Å²) in [5.74, 6) is -0.0629. The average molecular weight is 488 g/mol. The van der Waals surface area contributed by atoms with Crippen LogP contribution >= 0.6 is 11.3 Å². The zero-order chi connectivity index (χ0) is 23.6. The minimum absolute atomic E-state index is 0.0310. The maximum Gasteiger partial charge on any atom is 0.308 e. The molecular weight excluding hydrogens is 462 g/mol. The Bertz CT molecular complexity index is 1350. The maximum absolute atomic E-state index is 12.8. The Morgan fingerprint density at radius 3 is 2.39 bits per heavy atom. The molecule has 174 valence electrons. The summed E-state index contributed by atoms with van der Waals surface area (Å²) < 4.78 is 30.2. The normalized spacial score (nSPS) is 14.4. The highest BCUT2D eigenvalue weighted by atomic mass is 32.2.